The fourth-order valence-electron chi connectivity index (χ4n) is 4.91. The van der Waals surface area contributed by atoms with E-state index in [0.717, 1.165) is 32.1 Å². The second kappa shape index (κ2) is 4.49. The molecule has 0 heterocycles. The fraction of sp³-hybridized carbons (Fsp3) is 0.929. The maximum Gasteiger partial charge on any atom is 0.321 e. The fourth-order valence-corrected chi connectivity index (χ4v) is 4.91. The number of rotatable bonds is 2. The van der Waals surface area contributed by atoms with E-state index in [1.54, 1.807) is 0 Å². The van der Waals surface area contributed by atoms with Crippen molar-refractivity contribution < 1.29 is 15.0 Å². The molecule has 4 nitrogen and oxygen atoms in total. The first-order valence-electron chi connectivity index (χ1n) is 6.13. The summed E-state index contributed by atoms with van der Waals surface area (Å²) in [6.07, 6.45) is 5.28. The van der Waals surface area contributed by atoms with E-state index in [-0.39, 0.29) is 20.3 Å². The van der Waals surface area contributed by atoms with Gasteiger partial charge in [0.2, 0.25) is 0 Å². The summed E-state index contributed by atoms with van der Waals surface area (Å²) in [6.45, 7) is 0. The van der Waals surface area contributed by atoms with Gasteiger partial charge < -0.3 is 15.9 Å². The second-order valence-corrected chi connectivity index (χ2v) is 6.36. The SMILES string of the molecule is C.C.N[C@H](C(=O)O)C12CC3CC(CC(O)(C3)C1)C2. The van der Waals surface area contributed by atoms with E-state index in [1.807, 2.05) is 0 Å². The monoisotopic (exact) mass is 257 g/mol. The third-order valence-electron chi connectivity index (χ3n) is 5.00. The Hall–Kier alpha value is -0.610. The van der Waals surface area contributed by atoms with Crippen molar-refractivity contribution in [2.75, 3.05) is 0 Å². The molecule has 4 N–H and O–H groups in total. The van der Waals surface area contributed by atoms with Gasteiger partial charge in [0.1, 0.15) is 6.04 Å². The molecule has 106 valence electrons. The zero-order chi connectivity index (χ0) is 11.6. The van der Waals surface area contributed by atoms with Gasteiger partial charge in [0.15, 0.2) is 0 Å². The summed E-state index contributed by atoms with van der Waals surface area (Å²) in [5.41, 5.74) is 4.92. The number of nitrogens with two attached hydrogens (primary N) is 1. The van der Waals surface area contributed by atoms with Crippen LogP contribution in [0, 0.1) is 17.3 Å². The van der Waals surface area contributed by atoms with Crippen molar-refractivity contribution in [3.63, 3.8) is 0 Å². The normalized spacial score (nSPS) is 45.9. The number of carboxylic acid groups (broad SMARTS) is 1. The van der Waals surface area contributed by atoms with Gasteiger partial charge in [-0.05, 0) is 55.8 Å². The van der Waals surface area contributed by atoms with Crippen molar-refractivity contribution in [2.45, 2.75) is 65.0 Å². The highest BCUT2D eigenvalue weighted by Crippen LogP contribution is 2.62. The highest BCUT2D eigenvalue weighted by Gasteiger charge is 2.60. The molecule has 2 unspecified atom stereocenters. The first-order valence-corrected chi connectivity index (χ1v) is 6.13. The molecule has 18 heavy (non-hydrogen) atoms. The lowest BCUT2D eigenvalue weighted by molar-refractivity contribution is -0.179. The molecule has 4 saturated carbocycles. The van der Waals surface area contributed by atoms with Crippen LogP contribution in [-0.4, -0.2) is 27.8 Å². The average molecular weight is 257 g/mol. The Balaban J connectivity index is 0.000000810. The van der Waals surface area contributed by atoms with Gasteiger partial charge in [0.05, 0.1) is 5.60 Å². The van der Waals surface area contributed by atoms with Crippen LogP contribution in [-0.2, 0) is 4.79 Å². The van der Waals surface area contributed by atoms with Crippen molar-refractivity contribution in [1.82, 2.24) is 0 Å². The molecular formula is C14H27NO3. The van der Waals surface area contributed by atoms with Crippen LogP contribution in [0.15, 0.2) is 0 Å². The summed E-state index contributed by atoms with van der Waals surface area (Å²) < 4.78 is 0. The molecule has 3 atom stereocenters. The van der Waals surface area contributed by atoms with Crippen LogP contribution in [0.4, 0.5) is 0 Å². The Labute approximate surface area is 110 Å². The molecule has 0 saturated heterocycles. The summed E-state index contributed by atoms with van der Waals surface area (Å²) in [5, 5.41) is 19.6. The molecule has 0 aromatic heterocycles. The largest absolute Gasteiger partial charge is 0.480 e. The van der Waals surface area contributed by atoms with Crippen molar-refractivity contribution in [1.29, 1.82) is 0 Å². The van der Waals surface area contributed by atoms with Crippen LogP contribution >= 0.6 is 0 Å². The van der Waals surface area contributed by atoms with Crippen LogP contribution in [0.5, 0.6) is 0 Å². The Kier molecular flexibility index (Phi) is 3.86. The molecule has 4 aliphatic carbocycles. The molecule has 4 rings (SSSR count). The van der Waals surface area contributed by atoms with Gasteiger partial charge in [-0.3, -0.25) is 4.79 Å². The van der Waals surface area contributed by atoms with E-state index in [4.69, 9.17) is 10.8 Å². The number of aliphatic hydroxyl groups is 1. The minimum absolute atomic E-state index is 0. The average Bonchev–Trinajstić information content (AvgIpc) is 2.12. The molecule has 4 fully saturated rings. The van der Waals surface area contributed by atoms with Gasteiger partial charge in [-0.15, -0.1) is 0 Å². The number of hydrogen-bond acceptors (Lipinski definition) is 3. The molecule has 4 bridgehead atoms. The van der Waals surface area contributed by atoms with Gasteiger partial charge in [-0.2, -0.15) is 0 Å². The van der Waals surface area contributed by atoms with Gasteiger partial charge in [-0.25, -0.2) is 0 Å². The predicted molar refractivity (Wildman–Crippen MR) is 71.1 cm³/mol. The molecule has 0 spiro atoms. The second-order valence-electron chi connectivity index (χ2n) is 6.36. The first-order chi connectivity index (χ1) is 7.42. The molecule has 0 aromatic rings. The summed E-state index contributed by atoms with van der Waals surface area (Å²) in [4.78, 5) is 11.1. The Morgan fingerprint density at radius 2 is 1.67 bits per heavy atom. The van der Waals surface area contributed by atoms with Crippen LogP contribution in [0.1, 0.15) is 53.4 Å². The summed E-state index contributed by atoms with van der Waals surface area (Å²) in [6, 6.07) is -0.801. The summed E-state index contributed by atoms with van der Waals surface area (Å²) in [5.74, 6) is 0.0823. The lowest BCUT2D eigenvalue weighted by atomic mass is 9.46. The maximum atomic E-state index is 11.1. The lowest BCUT2D eigenvalue weighted by Gasteiger charge is -2.61. The smallest absolute Gasteiger partial charge is 0.321 e. The van der Waals surface area contributed by atoms with Gasteiger partial charge >= 0.3 is 5.97 Å². The van der Waals surface area contributed by atoms with E-state index >= 15 is 0 Å². The standard InChI is InChI=1S/C12H19NO3.2CH4/c13-9(10(14)15)11-2-7-1-8(3-11)5-12(16,4-7)6-11;;/h7-9,16H,1-6,13H2,(H,14,15);2*1H4/t7?,8?,9-,11?,12?;;/m1../s1. The van der Waals surface area contributed by atoms with E-state index < -0.39 is 17.6 Å². The van der Waals surface area contributed by atoms with Gasteiger partial charge in [0, 0.05) is 0 Å². The van der Waals surface area contributed by atoms with Crippen LogP contribution in [0.25, 0.3) is 0 Å². The minimum atomic E-state index is -0.912. The minimum Gasteiger partial charge on any atom is -0.480 e. The zero-order valence-corrected chi connectivity index (χ0v) is 9.35. The van der Waals surface area contributed by atoms with Gasteiger partial charge in [-0.1, -0.05) is 14.9 Å². The van der Waals surface area contributed by atoms with E-state index in [2.05, 4.69) is 0 Å². The Morgan fingerprint density at radius 3 is 2.06 bits per heavy atom. The van der Waals surface area contributed by atoms with Crippen molar-refractivity contribution in [3.05, 3.63) is 0 Å². The molecule has 0 aliphatic heterocycles. The summed E-state index contributed by atoms with van der Waals surface area (Å²) >= 11 is 0. The summed E-state index contributed by atoms with van der Waals surface area (Å²) in [7, 11) is 0. The lowest BCUT2D eigenvalue weighted by Crippen LogP contribution is -2.62. The Bertz CT molecular complexity index is 328. The first kappa shape index (κ1) is 15.4. The van der Waals surface area contributed by atoms with Crippen LogP contribution in [0.3, 0.4) is 0 Å². The molecule has 4 aliphatic rings. The zero-order valence-electron chi connectivity index (χ0n) is 9.35. The number of aliphatic carboxylic acids is 1. The van der Waals surface area contributed by atoms with Crippen LogP contribution < -0.4 is 5.73 Å². The maximum absolute atomic E-state index is 11.1. The third-order valence-corrected chi connectivity index (χ3v) is 5.00. The molecule has 0 amide bonds. The predicted octanol–water partition coefficient (Wildman–Crippen LogP) is 2.00. The molecule has 0 aromatic carbocycles. The van der Waals surface area contributed by atoms with E-state index in [0.29, 0.717) is 18.3 Å². The van der Waals surface area contributed by atoms with E-state index in [1.165, 1.54) is 0 Å². The van der Waals surface area contributed by atoms with Crippen molar-refractivity contribution in [3.8, 4) is 0 Å². The quantitative estimate of drug-likeness (QED) is 0.706. The molecule has 4 heteroatoms. The molecular weight excluding hydrogens is 230 g/mol. The highest BCUT2D eigenvalue weighted by atomic mass is 16.4. The van der Waals surface area contributed by atoms with Gasteiger partial charge in [0.25, 0.3) is 0 Å². The third kappa shape index (κ3) is 2.05. The highest BCUT2D eigenvalue weighted by molar-refractivity contribution is 5.74. The number of carbonyl (C=O) groups is 1. The van der Waals surface area contributed by atoms with Crippen molar-refractivity contribution >= 4 is 5.97 Å². The van der Waals surface area contributed by atoms with E-state index in [9.17, 15) is 9.90 Å². The number of carboxylic acids is 1. The van der Waals surface area contributed by atoms with Crippen LogP contribution in [0.2, 0.25) is 0 Å². The molecule has 0 radical (unpaired) electrons. The Morgan fingerprint density at radius 1 is 1.17 bits per heavy atom. The topological polar surface area (TPSA) is 83.6 Å². The number of hydrogen-bond donors (Lipinski definition) is 3. The van der Waals surface area contributed by atoms with Crippen molar-refractivity contribution in [2.24, 2.45) is 23.0 Å².